The fraction of sp³-hybridized carbons (Fsp3) is 0.265. The van der Waals surface area contributed by atoms with E-state index in [2.05, 4.69) is 0 Å². The van der Waals surface area contributed by atoms with E-state index in [0.717, 1.165) is 24.3 Å². The van der Waals surface area contributed by atoms with Gasteiger partial charge in [-0.1, -0.05) is 24.3 Å². The summed E-state index contributed by atoms with van der Waals surface area (Å²) in [5.41, 5.74) is 1.91. The van der Waals surface area contributed by atoms with Crippen LogP contribution < -0.4 is 29.6 Å². The largest absolute Gasteiger partial charge is 1.00 e. The molecule has 0 aliphatic rings. The summed E-state index contributed by atoms with van der Waals surface area (Å²) in [5.74, 6) is -4.84. The summed E-state index contributed by atoms with van der Waals surface area (Å²) < 4.78 is 78.1. The van der Waals surface area contributed by atoms with Crippen LogP contribution in [0.2, 0.25) is 0 Å². The fourth-order valence-corrected chi connectivity index (χ4v) is 4.49. The minimum Gasteiger partial charge on any atom is -1.00 e. The smallest absolute Gasteiger partial charge is 1.00 e. The average molecular weight is 683 g/mol. The zero-order valence-electron chi connectivity index (χ0n) is 27.3. The maximum atomic E-state index is 13.3. The Hall–Kier alpha value is -3.01. The number of aliphatic hydroxyl groups is 3. The van der Waals surface area contributed by atoms with Gasteiger partial charge in [0.25, 0.3) is 0 Å². The number of hydrogen-bond donors (Lipinski definition) is 3. The SMILES string of the molecule is O=C(CN(CCO)Cc1ccc(F)c(F)c1)c1ccc(F)cc1.OCCN(Cc1ccc(F)c(F)c1)CC(O)c1ccc(F)cc1.[B].[H-].[Na+]. The third-order valence-electron chi connectivity index (χ3n) is 6.83. The van der Waals surface area contributed by atoms with Gasteiger partial charge in [-0.05, 0) is 77.4 Å². The minimum absolute atomic E-state index is 0. The molecule has 0 bridgehead atoms. The number of Topliss-reactive ketones (excluding diaryl/α,β-unsaturated/α-hetero) is 1. The van der Waals surface area contributed by atoms with Gasteiger partial charge in [-0.15, -0.1) is 0 Å². The summed E-state index contributed by atoms with van der Waals surface area (Å²) >= 11 is 0. The molecule has 4 aromatic carbocycles. The van der Waals surface area contributed by atoms with E-state index in [-0.39, 0.29) is 97.7 Å². The van der Waals surface area contributed by atoms with Crippen molar-refractivity contribution in [2.24, 2.45) is 0 Å². The van der Waals surface area contributed by atoms with Crippen LogP contribution in [0.25, 0.3) is 0 Å². The number of halogens is 6. The summed E-state index contributed by atoms with van der Waals surface area (Å²) in [7, 11) is 0. The molecule has 14 heteroatoms. The van der Waals surface area contributed by atoms with Gasteiger partial charge in [0.2, 0.25) is 0 Å². The normalized spacial score (nSPS) is 11.3. The first kappa shape index (κ1) is 43.0. The van der Waals surface area contributed by atoms with E-state index < -0.39 is 41.0 Å². The summed E-state index contributed by atoms with van der Waals surface area (Å²) in [6, 6.07) is 17.7. The Morgan fingerprint density at radius 2 is 1.08 bits per heavy atom. The Morgan fingerprint density at radius 1 is 0.646 bits per heavy atom. The maximum Gasteiger partial charge on any atom is 1.00 e. The van der Waals surface area contributed by atoms with Crippen LogP contribution in [-0.2, 0) is 13.1 Å². The molecule has 0 spiro atoms. The minimum atomic E-state index is -0.962. The van der Waals surface area contributed by atoms with Gasteiger partial charge in [0.15, 0.2) is 29.1 Å². The molecule has 1 unspecified atom stereocenters. The molecule has 48 heavy (non-hydrogen) atoms. The van der Waals surface area contributed by atoms with Gasteiger partial charge in [0.05, 0.1) is 25.9 Å². The summed E-state index contributed by atoms with van der Waals surface area (Å²) in [4.78, 5) is 15.5. The monoisotopic (exact) mass is 683 g/mol. The van der Waals surface area contributed by atoms with Crippen molar-refractivity contribution in [3.63, 3.8) is 0 Å². The second-order valence-electron chi connectivity index (χ2n) is 10.4. The predicted molar refractivity (Wildman–Crippen MR) is 166 cm³/mol. The summed E-state index contributed by atoms with van der Waals surface area (Å²) in [5, 5.41) is 28.4. The van der Waals surface area contributed by atoms with E-state index >= 15 is 0 Å². The third-order valence-corrected chi connectivity index (χ3v) is 6.83. The molecule has 0 aliphatic carbocycles. The van der Waals surface area contributed by atoms with Crippen LogP contribution in [0.4, 0.5) is 26.3 Å². The Morgan fingerprint density at radius 3 is 1.54 bits per heavy atom. The average Bonchev–Trinajstić information content (AvgIpc) is 3.02. The second-order valence-corrected chi connectivity index (χ2v) is 10.4. The number of ketones is 1. The van der Waals surface area contributed by atoms with E-state index in [1.807, 2.05) is 0 Å². The maximum absolute atomic E-state index is 13.3. The van der Waals surface area contributed by atoms with Crippen LogP contribution in [-0.4, -0.2) is 78.7 Å². The van der Waals surface area contributed by atoms with Crippen LogP contribution >= 0.6 is 0 Å². The number of hydrogen-bond acceptors (Lipinski definition) is 6. The number of benzene rings is 4. The molecule has 0 fully saturated rings. The Labute approximate surface area is 301 Å². The van der Waals surface area contributed by atoms with Gasteiger partial charge in [-0.25, -0.2) is 26.3 Å². The van der Waals surface area contributed by atoms with Crippen LogP contribution in [0, 0.1) is 34.9 Å². The van der Waals surface area contributed by atoms with Crippen molar-refractivity contribution in [2.75, 3.05) is 39.4 Å². The number of carbonyl (C=O) groups is 1. The molecule has 251 valence electrons. The molecule has 0 amide bonds. The number of aliphatic hydroxyl groups excluding tert-OH is 3. The molecular formula is C34H35BF6N2NaO4. The van der Waals surface area contributed by atoms with Crippen LogP contribution in [0.3, 0.4) is 0 Å². The Bertz CT molecular complexity index is 1560. The molecule has 0 saturated carbocycles. The first-order chi connectivity index (χ1) is 22.0. The van der Waals surface area contributed by atoms with Gasteiger partial charge in [0.1, 0.15) is 11.6 Å². The molecule has 0 aliphatic heterocycles. The number of carbonyl (C=O) groups excluding carboxylic acids is 1. The topological polar surface area (TPSA) is 84.2 Å². The molecule has 3 N–H and O–H groups in total. The second kappa shape index (κ2) is 21.9. The molecule has 0 heterocycles. The summed E-state index contributed by atoms with van der Waals surface area (Å²) in [6.45, 7) is 0.723. The van der Waals surface area contributed by atoms with Crippen molar-refractivity contribution in [3.8, 4) is 0 Å². The first-order valence-corrected chi connectivity index (χ1v) is 14.3. The third kappa shape index (κ3) is 14.2. The standard InChI is InChI=1S/C17H18F3NO2.C17H16F3NO2.B.Na.H/c2*18-14-4-2-13(3-5-14)17(23)11-21(7-8-22)10-12-1-6-15(19)16(20)9-12;;;/h1-6,9,17,22-23H,7-8,10-11H2;1-6,9,22H,7-8,10-11H2;;;/q;;;+1;-1. The van der Waals surface area contributed by atoms with Gasteiger partial charge in [-0.2, -0.15) is 0 Å². The molecule has 4 aromatic rings. The van der Waals surface area contributed by atoms with Crippen molar-refractivity contribution in [2.45, 2.75) is 19.2 Å². The first-order valence-electron chi connectivity index (χ1n) is 14.3. The van der Waals surface area contributed by atoms with Gasteiger partial charge >= 0.3 is 29.6 Å². The fourth-order valence-electron chi connectivity index (χ4n) is 4.49. The van der Waals surface area contributed by atoms with Crippen molar-refractivity contribution in [3.05, 3.63) is 142 Å². The van der Waals surface area contributed by atoms with E-state index in [4.69, 9.17) is 10.2 Å². The van der Waals surface area contributed by atoms with Crippen LogP contribution in [0.15, 0.2) is 84.9 Å². The molecule has 1 atom stereocenters. The van der Waals surface area contributed by atoms with Crippen LogP contribution in [0.5, 0.6) is 0 Å². The molecule has 4 rings (SSSR count). The zero-order valence-corrected chi connectivity index (χ0v) is 28.3. The zero-order chi connectivity index (χ0) is 33.6. The van der Waals surface area contributed by atoms with E-state index in [0.29, 0.717) is 22.3 Å². The van der Waals surface area contributed by atoms with Gasteiger partial charge in [-0.3, -0.25) is 14.6 Å². The number of nitrogens with zero attached hydrogens (tertiary/aromatic N) is 2. The van der Waals surface area contributed by atoms with Crippen LogP contribution in [0.1, 0.15) is 34.6 Å². The van der Waals surface area contributed by atoms with Crippen molar-refractivity contribution in [1.82, 2.24) is 9.80 Å². The van der Waals surface area contributed by atoms with Crippen molar-refractivity contribution >= 4 is 14.2 Å². The Balaban J connectivity index is 0.000000886. The van der Waals surface area contributed by atoms with Crippen molar-refractivity contribution in [1.29, 1.82) is 0 Å². The van der Waals surface area contributed by atoms with E-state index in [9.17, 15) is 36.2 Å². The van der Waals surface area contributed by atoms with Crippen molar-refractivity contribution < 1.29 is 77.4 Å². The Kier molecular flexibility index (Phi) is 19.6. The molecular weight excluding hydrogens is 648 g/mol. The predicted octanol–water partition coefficient (Wildman–Crippen LogP) is 2.15. The molecule has 3 radical (unpaired) electrons. The van der Waals surface area contributed by atoms with E-state index in [1.165, 1.54) is 60.7 Å². The van der Waals surface area contributed by atoms with Gasteiger partial charge in [0, 0.05) is 46.7 Å². The molecule has 6 nitrogen and oxygen atoms in total. The molecule has 0 aromatic heterocycles. The van der Waals surface area contributed by atoms with E-state index in [1.54, 1.807) is 9.80 Å². The number of rotatable bonds is 14. The van der Waals surface area contributed by atoms with Gasteiger partial charge < -0.3 is 16.7 Å². The molecule has 0 saturated heterocycles. The quantitative estimate of drug-likeness (QED) is 0.108. The summed E-state index contributed by atoms with van der Waals surface area (Å²) in [6.07, 6.45) is -0.882.